The van der Waals surface area contributed by atoms with Crippen LogP contribution in [0.1, 0.15) is 25.8 Å². The Balaban J connectivity index is 2.98. The molecule has 1 aromatic rings. The average molecular weight is 267 g/mol. The van der Waals surface area contributed by atoms with Crippen molar-refractivity contribution in [3.8, 4) is 11.5 Å². The van der Waals surface area contributed by atoms with Gasteiger partial charge in [0, 0.05) is 12.1 Å². The van der Waals surface area contributed by atoms with Gasteiger partial charge in [0.2, 0.25) is 0 Å². The Bertz CT molecular complexity index is 398. The second kappa shape index (κ2) is 7.63. The molecule has 1 rings (SSSR count). The van der Waals surface area contributed by atoms with Crippen LogP contribution in [0.25, 0.3) is 0 Å². The van der Waals surface area contributed by atoms with Crippen molar-refractivity contribution in [3.05, 3.63) is 23.8 Å². The van der Waals surface area contributed by atoms with Gasteiger partial charge in [-0.15, -0.1) is 0 Å². The minimum Gasteiger partial charge on any atom is -0.493 e. The highest BCUT2D eigenvalue weighted by Crippen LogP contribution is 2.32. The van der Waals surface area contributed by atoms with E-state index in [0.29, 0.717) is 31.1 Å². The van der Waals surface area contributed by atoms with Gasteiger partial charge in [-0.05, 0) is 19.4 Å². The molecule has 0 radical (unpaired) electrons. The summed E-state index contributed by atoms with van der Waals surface area (Å²) < 4.78 is 16.0. The maximum absolute atomic E-state index is 11.8. The maximum atomic E-state index is 11.8. The zero-order chi connectivity index (χ0) is 14.3. The highest BCUT2D eigenvalue weighted by Gasteiger charge is 2.22. The van der Waals surface area contributed by atoms with Crippen molar-refractivity contribution in [1.82, 2.24) is 0 Å². The molecule has 0 amide bonds. The van der Waals surface area contributed by atoms with E-state index < -0.39 is 6.10 Å². The second-order valence-corrected chi connectivity index (χ2v) is 3.92. The first-order valence-corrected chi connectivity index (χ1v) is 6.37. The van der Waals surface area contributed by atoms with E-state index >= 15 is 0 Å². The highest BCUT2D eigenvalue weighted by atomic mass is 16.6. The predicted molar refractivity (Wildman–Crippen MR) is 72.2 cm³/mol. The first kappa shape index (κ1) is 15.3. The average Bonchev–Trinajstić information content (AvgIpc) is 2.44. The molecule has 5 nitrogen and oxygen atoms in total. The minimum absolute atomic E-state index is 0.311. The fourth-order valence-corrected chi connectivity index (χ4v) is 1.69. The van der Waals surface area contributed by atoms with Crippen molar-refractivity contribution in [2.24, 2.45) is 5.73 Å². The van der Waals surface area contributed by atoms with E-state index in [1.165, 1.54) is 0 Å². The van der Waals surface area contributed by atoms with Gasteiger partial charge in [0.1, 0.15) is 0 Å². The van der Waals surface area contributed by atoms with Gasteiger partial charge in [-0.3, -0.25) is 0 Å². The summed E-state index contributed by atoms with van der Waals surface area (Å²) in [5.41, 5.74) is 6.47. The molecule has 106 valence electrons. The number of hydrogen-bond donors (Lipinski definition) is 1. The number of hydrogen-bond acceptors (Lipinski definition) is 5. The van der Waals surface area contributed by atoms with Crippen molar-refractivity contribution >= 4 is 5.97 Å². The molecule has 0 aliphatic heterocycles. The zero-order valence-corrected chi connectivity index (χ0v) is 11.6. The molecule has 0 aromatic heterocycles. The van der Waals surface area contributed by atoms with Crippen LogP contribution < -0.4 is 15.2 Å². The van der Waals surface area contributed by atoms with E-state index in [1.54, 1.807) is 20.1 Å². The largest absolute Gasteiger partial charge is 0.493 e. The van der Waals surface area contributed by atoms with Gasteiger partial charge in [-0.25, -0.2) is 4.79 Å². The predicted octanol–water partition coefficient (Wildman–Crippen LogP) is 1.87. The molecule has 0 fully saturated rings. The number of ether oxygens (including phenoxy) is 3. The fourth-order valence-electron chi connectivity index (χ4n) is 1.69. The molecule has 5 heteroatoms. The van der Waals surface area contributed by atoms with Gasteiger partial charge < -0.3 is 19.9 Å². The van der Waals surface area contributed by atoms with Gasteiger partial charge in [-0.1, -0.05) is 19.1 Å². The van der Waals surface area contributed by atoms with Gasteiger partial charge in [-0.2, -0.15) is 0 Å². The summed E-state index contributed by atoms with van der Waals surface area (Å²) in [5.74, 6) is 0.692. The maximum Gasteiger partial charge on any atom is 0.347 e. The molecule has 0 spiro atoms. The molecule has 0 saturated heterocycles. The van der Waals surface area contributed by atoms with E-state index in [-0.39, 0.29) is 5.97 Å². The first-order valence-electron chi connectivity index (χ1n) is 6.37. The molecule has 19 heavy (non-hydrogen) atoms. The lowest BCUT2D eigenvalue weighted by atomic mass is 10.1. The molecular formula is C14H21NO4. The Labute approximate surface area is 113 Å². The molecule has 1 atom stereocenters. The number of benzene rings is 1. The smallest absolute Gasteiger partial charge is 0.347 e. The molecule has 0 saturated carbocycles. The molecule has 2 N–H and O–H groups in total. The van der Waals surface area contributed by atoms with Crippen LogP contribution in [0.4, 0.5) is 0 Å². The lowest BCUT2D eigenvalue weighted by Gasteiger charge is -2.20. The lowest BCUT2D eigenvalue weighted by molar-refractivity contribution is -0.151. The standard InChI is InChI=1S/C14H21NO4/c1-4-11(14(16)18-5-2)19-13-10(9-15)7-6-8-12(13)17-3/h6-8,11H,4-5,9,15H2,1-3H3. The number of para-hydroxylation sites is 1. The van der Waals surface area contributed by atoms with Gasteiger partial charge in [0.05, 0.1) is 13.7 Å². The number of esters is 1. The van der Waals surface area contributed by atoms with Crippen LogP contribution in [0.3, 0.4) is 0 Å². The molecule has 0 bridgehead atoms. The Kier molecular flexibility index (Phi) is 6.15. The summed E-state index contributed by atoms with van der Waals surface area (Å²) >= 11 is 0. The van der Waals surface area contributed by atoms with E-state index in [4.69, 9.17) is 19.9 Å². The number of carbonyl (C=O) groups is 1. The Morgan fingerprint density at radius 3 is 2.63 bits per heavy atom. The van der Waals surface area contributed by atoms with Crippen LogP contribution in [-0.4, -0.2) is 25.8 Å². The van der Waals surface area contributed by atoms with Crippen molar-refractivity contribution in [2.75, 3.05) is 13.7 Å². The Morgan fingerprint density at radius 2 is 2.11 bits per heavy atom. The zero-order valence-electron chi connectivity index (χ0n) is 11.6. The van der Waals surface area contributed by atoms with E-state index in [1.807, 2.05) is 19.1 Å². The summed E-state index contributed by atoms with van der Waals surface area (Å²) in [6, 6.07) is 5.45. The number of carbonyl (C=O) groups excluding carboxylic acids is 1. The molecule has 0 heterocycles. The van der Waals surface area contributed by atoms with Crippen LogP contribution in [-0.2, 0) is 16.1 Å². The third-order valence-corrected chi connectivity index (χ3v) is 2.68. The SMILES string of the molecule is CCOC(=O)C(CC)Oc1c(CN)cccc1OC. The van der Waals surface area contributed by atoms with Gasteiger partial charge >= 0.3 is 5.97 Å². The minimum atomic E-state index is -0.651. The third kappa shape index (κ3) is 3.86. The summed E-state index contributed by atoms with van der Waals surface area (Å²) in [6.45, 7) is 4.26. The second-order valence-electron chi connectivity index (χ2n) is 3.92. The summed E-state index contributed by atoms with van der Waals surface area (Å²) in [6.07, 6.45) is -0.137. The highest BCUT2D eigenvalue weighted by molar-refractivity contribution is 5.75. The van der Waals surface area contributed by atoms with Crippen LogP contribution in [0, 0.1) is 0 Å². The van der Waals surface area contributed by atoms with Crippen LogP contribution >= 0.6 is 0 Å². The lowest BCUT2D eigenvalue weighted by Crippen LogP contribution is -2.29. The monoisotopic (exact) mass is 267 g/mol. The molecule has 1 unspecified atom stereocenters. The number of methoxy groups -OCH3 is 1. The number of rotatable bonds is 7. The van der Waals surface area contributed by atoms with Crippen LogP contribution in [0.2, 0.25) is 0 Å². The third-order valence-electron chi connectivity index (χ3n) is 2.68. The normalized spacial score (nSPS) is 11.8. The molecule has 0 aliphatic carbocycles. The number of nitrogens with two attached hydrogens (primary N) is 1. The van der Waals surface area contributed by atoms with Gasteiger partial charge in [0.25, 0.3) is 0 Å². The van der Waals surface area contributed by atoms with E-state index in [0.717, 1.165) is 5.56 Å². The topological polar surface area (TPSA) is 70.8 Å². The first-order chi connectivity index (χ1) is 9.17. The van der Waals surface area contributed by atoms with Crippen LogP contribution in [0.5, 0.6) is 11.5 Å². The molecule has 0 aliphatic rings. The quantitative estimate of drug-likeness (QED) is 0.764. The van der Waals surface area contributed by atoms with Gasteiger partial charge in [0.15, 0.2) is 17.6 Å². The van der Waals surface area contributed by atoms with Crippen molar-refractivity contribution < 1.29 is 19.0 Å². The Morgan fingerprint density at radius 1 is 1.37 bits per heavy atom. The molecular weight excluding hydrogens is 246 g/mol. The summed E-state index contributed by atoms with van der Waals surface area (Å²) in [5, 5.41) is 0. The molecule has 1 aromatic carbocycles. The summed E-state index contributed by atoms with van der Waals surface area (Å²) in [4.78, 5) is 11.8. The van der Waals surface area contributed by atoms with E-state index in [9.17, 15) is 4.79 Å². The van der Waals surface area contributed by atoms with Crippen LogP contribution in [0.15, 0.2) is 18.2 Å². The van der Waals surface area contributed by atoms with Crippen molar-refractivity contribution in [2.45, 2.75) is 32.9 Å². The van der Waals surface area contributed by atoms with Crippen molar-refractivity contribution in [3.63, 3.8) is 0 Å². The summed E-state index contributed by atoms with van der Waals surface area (Å²) in [7, 11) is 1.55. The van der Waals surface area contributed by atoms with E-state index in [2.05, 4.69) is 0 Å². The fraction of sp³-hybridized carbons (Fsp3) is 0.500. The Hall–Kier alpha value is -1.75. The van der Waals surface area contributed by atoms with Crippen molar-refractivity contribution in [1.29, 1.82) is 0 Å².